The summed E-state index contributed by atoms with van der Waals surface area (Å²) in [5.41, 5.74) is 13.7. The molecule has 3 aromatic carbocycles. The molecule has 7 rings (SSSR count). The molecule has 12 atom stereocenters. The zero-order chi connectivity index (χ0) is 105. The second kappa shape index (κ2) is 63.9. The molecule has 0 spiro atoms. The second-order valence-electron chi connectivity index (χ2n) is 34.6. The molecular weight excluding hydrogens is 2130 g/mol. The number of carboxylic acids is 4. The van der Waals surface area contributed by atoms with Gasteiger partial charge in [0.25, 0.3) is 0 Å². The van der Waals surface area contributed by atoms with Gasteiger partial charge in [-0.3, -0.25) is 107 Å². The van der Waals surface area contributed by atoms with Crippen LogP contribution in [-0.2, 0) is 175 Å². The number of nitrogens with zero attached hydrogens (tertiary/aromatic N) is 7. The number of guanidine groups is 1. The number of rotatable bonds is 57. The van der Waals surface area contributed by atoms with Crippen LogP contribution in [0.1, 0.15) is 120 Å². The fourth-order valence-electron chi connectivity index (χ4n) is 15.6. The van der Waals surface area contributed by atoms with Crippen LogP contribution in [0.15, 0.2) is 104 Å². The van der Waals surface area contributed by atoms with E-state index in [1.54, 1.807) is 119 Å². The van der Waals surface area contributed by atoms with E-state index in [0.29, 0.717) is 28.5 Å². The van der Waals surface area contributed by atoms with Crippen molar-refractivity contribution in [3.8, 4) is 0 Å². The van der Waals surface area contributed by atoms with Crippen molar-refractivity contribution in [3.63, 3.8) is 0 Å². The first-order valence-corrected chi connectivity index (χ1v) is 48.0. The molecule has 0 saturated carbocycles. The predicted octanol–water partition coefficient (Wildman–Crippen LogP) is -4.49. The SMILES string of the molecule is CC(=O)NC(CCCCNC(=O)CN1CCN(CC(=O)O)CCN(CC(=O)O)CCN(CC(=O)O)CC1)C(=O)NC([S-])C(=O)[N-]C([S-])C(=O)NC(CCC(=O)O)C(=O)NC(Cc1cnc[nH]1)C(=O)N[C@@H](Cc1ccccc1)C(=O)NC(CCCNC(=N)N)C(=O)NC(Cc1c[nH]c2ccccc12)C(=O)NC([S-])C(=O)NC(CCCCNC(=O)OCc1ccccc1)C(=O)N1CCCC1C(=O)NC(C(N)=O)C(C)C.[OH-].[Re]. The van der Waals surface area contributed by atoms with Crippen molar-refractivity contribution in [3.05, 3.63) is 131 Å². The van der Waals surface area contributed by atoms with E-state index in [0.717, 1.165) is 12.5 Å². The summed E-state index contributed by atoms with van der Waals surface area (Å²) in [7, 11) is 0. The Labute approximate surface area is 866 Å². The summed E-state index contributed by atoms with van der Waals surface area (Å²) < 4.78 is 5.33. The number of para-hydroxylation sites is 1. The first kappa shape index (κ1) is 122. The minimum absolute atomic E-state index is 0. The van der Waals surface area contributed by atoms with Crippen molar-refractivity contribution in [2.45, 2.75) is 194 Å². The van der Waals surface area contributed by atoms with Crippen LogP contribution < -0.4 is 80.6 Å². The van der Waals surface area contributed by atoms with E-state index in [4.69, 9.17) is 59.5 Å². The Kier molecular flexibility index (Phi) is 54.0. The van der Waals surface area contributed by atoms with Gasteiger partial charge in [0.05, 0.1) is 32.5 Å². The molecule has 4 heterocycles. The Balaban J connectivity index is 0.0000185. The first-order chi connectivity index (χ1) is 68.1. The molecule has 2 aromatic heterocycles. The third kappa shape index (κ3) is 44.6. The molecule has 2 fully saturated rings. The number of nitrogens with one attached hydrogen (secondary N) is 16. The number of unbranched alkanes of at least 4 members (excludes halogenated alkanes) is 2. The number of amides is 15. The average Bonchev–Trinajstić information content (AvgIpc) is 1.69. The van der Waals surface area contributed by atoms with Crippen LogP contribution >= 0.6 is 0 Å². The number of primary amides is 1. The fourth-order valence-corrected chi connectivity index (χ4v) is 16.2. The Bertz CT molecular complexity index is 5130. The summed E-state index contributed by atoms with van der Waals surface area (Å²) in [5, 5.41) is 78.0. The predicted molar refractivity (Wildman–Crippen MR) is 524 cm³/mol. The number of alkyl carbamates (subject to hydrolysis) is 1. The van der Waals surface area contributed by atoms with Gasteiger partial charge in [-0.05, 0) is 110 Å². The smallest absolute Gasteiger partial charge is 0.407 e. The van der Waals surface area contributed by atoms with Gasteiger partial charge in [-0.15, -0.1) is 0 Å². The molecule has 54 heteroatoms. The fraction of sp³-hybridized carbons (Fsp3) is 0.527. The zero-order valence-corrected chi connectivity index (χ0v) is 85.4. The maximum absolute atomic E-state index is 15.3. The van der Waals surface area contributed by atoms with Gasteiger partial charge in [-0.25, -0.2) is 9.78 Å². The number of carbonyl (C=O) groups is 19. The van der Waals surface area contributed by atoms with Gasteiger partial charge in [0.1, 0.15) is 61.0 Å². The molecule has 11 unspecified atom stereocenters. The number of H-pyrrole nitrogens is 2. The van der Waals surface area contributed by atoms with Crippen molar-refractivity contribution < 1.29 is 142 Å². The summed E-state index contributed by atoms with van der Waals surface area (Å²) in [6, 6.07) is 10.5. The molecular formula is C91H128N25O25ReS3-5. The van der Waals surface area contributed by atoms with E-state index in [1.807, 2.05) is 6.07 Å². The number of likely N-dealkylation sites (tertiary alicyclic amines) is 1. The average molecular weight is 2250 g/mol. The standard InChI is InChI=1S/C91H131N25O24S3.H2O.Re/c1-53(2)74(75(92)127)108-82(134)68-27-17-33-116(68)89(138)64(25-13-15-31-98-91(139)140-51-56-20-8-5-9-21-56)104-84(136)86(141)110-81(133)66(43-57-45-99-60-23-11-10-22-59(57)60)106-76(128)62(26-16-32-97-90(93)94)102-79(131)65(42-55-18-6-4-7-19-55)105-80(132)67(44-58-46-95-52-100-58)107-77(129)63(28-29-70(119)120)103-83(135)87(142)111-85(137)88(143)109-78(130)61(101-54(3)117)24-12-14-30-96-69(118)47-112-34-36-113(48-71(121)122)38-40-115(50-73(125)126)41-39-114(37-35-112)49-72(123)124;;/h4-11,18-23,45-46,52-53,61-68,74,86-88,99H,12-17,24-44,47-51H2,1-3H3,(H27,92,93,94,95,96,97,98,100,101,102,103,104,105,106,107,108,109,110,111,117,118,119,120,121,122,123,124,125,126,127,128,129,130,131,132,133,134,135,136,137,139,141,142,143);1H2;/p-5/t61?,62?,63?,64?,65-,66?,67?,68?,74?,86?,87?,88?;;/m0../s1. The topological polar surface area (TPSA) is 752 Å². The Morgan fingerprint density at radius 1 is 0.497 bits per heavy atom. The quantitative estimate of drug-likeness (QED) is 0.00755. The van der Waals surface area contributed by atoms with Crippen LogP contribution in [0.2, 0.25) is 0 Å². The summed E-state index contributed by atoms with van der Waals surface area (Å²) in [6.45, 7) is 4.64. The van der Waals surface area contributed by atoms with Crippen LogP contribution in [0.3, 0.4) is 0 Å². The number of hydrogen-bond acceptors (Lipinski definition) is 30. The van der Waals surface area contributed by atoms with Crippen molar-refractivity contribution in [1.29, 1.82) is 5.41 Å². The van der Waals surface area contributed by atoms with Crippen LogP contribution in [0.5, 0.6) is 0 Å². The third-order valence-corrected chi connectivity index (χ3v) is 24.0. The van der Waals surface area contributed by atoms with Gasteiger partial charge in [-0.2, -0.15) is 5.37 Å². The van der Waals surface area contributed by atoms with Crippen molar-refractivity contribution >= 4 is 167 Å². The molecule has 797 valence electrons. The van der Waals surface area contributed by atoms with E-state index < -0.39 is 214 Å². The van der Waals surface area contributed by atoms with E-state index >= 15 is 19.2 Å². The maximum Gasteiger partial charge on any atom is 0.407 e. The number of aromatic amines is 2. The number of carbonyl (C=O) groups excluding carboxylic acids is 15. The number of fused-ring (bicyclic) bond motifs is 1. The number of ether oxygens (including phenoxy) is 1. The van der Waals surface area contributed by atoms with Crippen molar-refractivity contribution in [1.82, 2.24) is 109 Å². The molecule has 2 saturated heterocycles. The number of carboxylic acid groups (broad SMARTS) is 4. The monoisotopic (exact) mass is 2250 g/mol. The summed E-state index contributed by atoms with van der Waals surface area (Å²) in [6.07, 6.45) is 1.77. The molecule has 5 aromatic rings. The van der Waals surface area contributed by atoms with E-state index in [1.165, 1.54) is 17.4 Å². The molecule has 25 N–H and O–H groups in total. The van der Waals surface area contributed by atoms with E-state index in [-0.39, 0.29) is 214 Å². The van der Waals surface area contributed by atoms with E-state index in [9.17, 15) is 92.3 Å². The van der Waals surface area contributed by atoms with Crippen LogP contribution in [-0.4, -0.2) is 359 Å². The maximum atomic E-state index is 15.3. The summed E-state index contributed by atoms with van der Waals surface area (Å²) in [4.78, 5) is 276. The number of benzene rings is 3. The first-order valence-electron chi connectivity index (χ1n) is 46.5. The van der Waals surface area contributed by atoms with Crippen LogP contribution in [0.25, 0.3) is 16.2 Å². The molecule has 1 radical (unpaired) electrons. The summed E-state index contributed by atoms with van der Waals surface area (Å²) >= 11 is 16.2. The number of aromatic nitrogens is 3. The number of hydrogen-bond donors (Lipinski definition) is 22. The molecule has 0 bridgehead atoms. The molecule has 50 nitrogen and oxygen atoms in total. The van der Waals surface area contributed by atoms with E-state index in [2.05, 4.69) is 89.4 Å². The van der Waals surface area contributed by atoms with Gasteiger partial charge in [0, 0.05) is 166 Å². The van der Waals surface area contributed by atoms with Gasteiger partial charge >= 0.3 is 30.0 Å². The van der Waals surface area contributed by atoms with Crippen molar-refractivity contribution in [2.75, 3.05) is 105 Å². The third-order valence-electron chi connectivity index (χ3n) is 23.1. The molecule has 2 aliphatic rings. The number of aliphatic carboxylic acids is 4. The zero-order valence-electron chi connectivity index (χ0n) is 80.2. The van der Waals surface area contributed by atoms with Crippen LogP contribution in [0, 0.1) is 11.3 Å². The summed E-state index contributed by atoms with van der Waals surface area (Å²) in [5.74, 6) is -19.2. The Hall–Kier alpha value is -13.1. The molecule has 145 heavy (non-hydrogen) atoms. The van der Waals surface area contributed by atoms with Gasteiger partial charge in [0.2, 0.25) is 70.9 Å². The second-order valence-corrected chi connectivity index (χ2v) is 36.0. The van der Waals surface area contributed by atoms with Gasteiger partial charge in [0.15, 0.2) is 11.9 Å². The number of nitrogens with two attached hydrogens (primary N) is 2. The van der Waals surface area contributed by atoms with Crippen LogP contribution in [0.4, 0.5) is 4.79 Å². The normalized spacial score (nSPS) is 16.0. The Morgan fingerprint density at radius 3 is 1.50 bits per heavy atom. The van der Waals surface area contributed by atoms with Crippen molar-refractivity contribution in [2.24, 2.45) is 17.4 Å². The minimum Gasteiger partial charge on any atom is -0.870 e. The van der Waals surface area contributed by atoms with Gasteiger partial charge in [-0.1, -0.05) is 92.7 Å². The van der Waals surface area contributed by atoms with Gasteiger partial charge < -0.3 is 174 Å². The number of imidazole rings is 1. The molecule has 15 amide bonds. The minimum atomic E-state index is -2.13. The largest absolute Gasteiger partial charge is 0.870 e. The molecule has 2 aliphatic heterocycles. The molecule has 0 aliphatic carbocycles. The Morgan fingerprint density at radius 2 is 0.959 bits per heavy atom.